The highest BCUT2D eigenvalue weighted by molar-refractivity contribution is 5.73. The Bertz CT molecular complexity index is 535. The number of rotatable bonds is 3. The molecule has 1 fully saturated rings. The molecule has 0 saturated carbocycles. The van der Waals surface area contributed by atoms with Crippen LogP contribution in [-0.2, 0) is 4.74 Å². The predicted molar refractivity (Wildman–Crippen MR) is 68.3 cm³/mol. The van der Waals surface area contributed by atoms with Crippen molar-refractivity contribution in [3.05, 3.63) is 28.3 Å². The second-order valence-electron chi connectivity index (χ2n) is 4.78. The van der Waals surface area contributed by atoms with Crippen molar-refractivity contribution in [2.45, 2.75) is 0 Å². The molecule has 21 heavy (non-hydrogen) atoms. The van der Waals surface area contributed by atoms with Gasteiger partial charge in [0.2, 0.25) is 6.67 Å². The summed E-state index contributed by atoms with van der Waals surface area (Å²) in [4.78, 5) is 17.2. The van der Waals surface area contributed by atoms with Crippen LogP contribution in [-0.4, -0.2) is 44.2 Å². The van der Waals surface area contributed by atoms with Gasteiger partial charge < -0.3 is 29.6 Å². The van der Waals surface area contributed by atoms with Crippen LogP contribution >= 0.6 is 0 Å². The number of halogens is 2. The molecule has 1 aromatic rings. The summed E-state index contributed by atoms with van der Waals surface area (Å²) in [5, 5.41) is 10.7. The van der Waals surface area contributed by atoms with Gasteiger partial charge in [-0.25, -0.2) is 4.90 Å². The first-order chi connectivity index (χ1) is 9.24. The van der Waals surface area contributed by atoms with Gasteiger partial charge in [0.1, 0.15) is 18.8 Å². The van der Waals surface area contributed by atoms with Gasteiger partial charge in [-0.2, -0.15) is 4.99 Å². The van der Waals surface area contributed by atoms with Crippen LogP contribution in [0.2, 0.25) is 0 Å². The van der Waals surface area contributed by atoms with E-state index in [0.717, 1.165) is 43.6 Å². The minimum absolute atomic E-state index is 0. The van der Waals surface area contributed by atoms with E-state index in [1.54, 1.807) is 12.1 Å². The van der Waals surface area contributed by atoms with E-state index in [4.69, 9.17) is 4.74 Å². The molecule has 2 N–H and O–H groups in total. The Hall–Kier alpha value is -1.25. The van der Waals surface area contributed by atoms with Crippen molar-refractivity contribution in [3.8, 4) is 0 Å². The molecule has 1 unspecified atom stereocenters. The maximum atomic E-state index is 10.7. The lowest BCUT2D eigenvalue weighted by Gasteiger charge is -2.24. The number of nitrogens with one attached hydrogen (secondary N) is 2. The highest BCUT2D eigenvalue weighted by atomic mass is 35.5. The first-order valence-corrected chi connectivity index (χ1v) is 6.34. The third kappa shape index (κ3) is 3.90. The monoisotopic (exact) mass is 334 g/mol. The maximum Gasteiger partial charge on any atom is 0.272 e. The Kier molecular flexibility index (Phi) is 6.50. The third-order valence-electron chi connectivity index (χ3n) is 3.54. The van der Waals surface area contributed by atoms with E-state index in [2.05, 4.69) is 4.99 Å². The number of quaternary nitrogens is 2. The molecule has 0 bridgehead atoms. The zero-order valence-electron chi connectivity index (χ0n) is 11.2. The number of ether oxygens (including phenoxy) is 1. The standard InChI is InChI=1S/C12H14N4O3.2ClH/c17-16(18)10-1-2-12-11(7-10)13-8-15(12)9-14-3-5-19-6-4-14;;/h1-2,7-8H,3-6,9H2;2*1H. The van der Waals surface area contributed by atoms with Gasteiger partial charge in [0, 0.05) is 18.2 Å². The van der Waals surface area contributed by atoms with Crippen molar-refractivity contribution in [3.63, 3.8) is 0 Å². The van der Waals surface area contributed by atoms with E-state index < -0.39 is 0 Å². The molecule has 0 spiro atoms. The molecule has 0 aromatic heterocycles. The van der Waals surface area contributed by atoms with Crippen LogP contribution in [0.5, 0.6) is 0 Å². The van der Waals surface area contributed by atoms with Crippen LogP contribution in [0.15, 0.2) is 23.2 Å². The number of nitro benzene ring substituents is 1. The topological polar surface area (TPSA) is 73.6 Å². The Morgan fingerprint density at radius 3 is 2.67 bits per heavy atom. The zero-order valence-corrected chi connectivity index (χ0v) is 12.7. The molecule has 7 nitrogen and oxygen atoms in total. The minimum Gasteiger partial charge on any atom is -1.00 e. The van der Waals surface area contributed by atoms with Crippen LogP contribution < -0.4 is 34.6 Å². The SMILES string of the molecule is O=[N+]([O-])c1ccc2c(c1)N=C[NH+]2C[NH+]1CCOCC1.[Cl-].[Cl-]. The molecule has 2 aliphatic rings. The minimum atomic E-state index is -0.388. The van der Waals surface area contributed by atoms with Gasteiger partial charge in [0.15, 0.2) is 12.0 Å². The van der Waals surface area contributed by atoms with E-state index >= 15 is 0 Å². The Balaban J connectivity index is 0.00000110. The fourth-order valence-corrected chi connectivity index (χ4v) is 2.48. The number of benzene rings is 1. The number of morpholine rings is 1. The fraction of sp³-hybridized carbons (Fsp3) is 0.417. The van der Waals surface area contributed by atoms with E-state index in [0.29, 0.717) is 5.69 Å². The van der Waals surface area contributed by atoms with Gasteiger partial charge in [-0.1, -0.05) is 0 Å². The molecular formula is C12H16Cl2N4O3. The van der Waals surface area contributed by atoms with Gasteiger partial charge in [-0.3, -0.25) is 15.0 Å². The van der Waals surface area contributed by atoms with Gasteiger partial charge >= 0.3 is 0 Å². The summed E-state index contributed by atoms with van der Waals surface area (Å²) in [5.74, 6) is 0. The van der Waals surface area contributed by atoms with Crippen molar-refractivity contribution in [2.24, 2.45) is 4.99 Å². The quantitative estimate of drug-likeness (QED) is 0.426. The second kappa shape index (κ2) is 7.67. The third-order valence-corrected chi connectivity index (χ3v) is 3.54. The zero-order chi connectivity index (χ0) is 13.2. The van der Waals surface area contributed by atoms with E-state index in [1.807, 2.05) is 6.34 Å². The first-order valence-electron chi connectivity index (χ1n) is 6.34. The predicted octanol–water partition coefficient (Wildman–Crippen LogP) is -7.33. The molecule has 0 aliphatic carbocycles. The number of nitro groups is 1. The molecule has 0 radical (unpaired) electrons. The molecular weight excluding hydrogens is 319 g/mol. The fourth-order valence-electron chi connectivity index (χ4n) is 2.48. The number of hydrogen-bond donors (Lipinski definition) is 2. The highest BCUT2D eigenvalue weighted by Crippen LogP contribution is 2.28. The summed E-state index contributed by atoms with van der Waals surface area (Å²) in [6.45, 7) is 4.50. The number of non-ortho nitro benzene ring substituents is 1. The number of fused-ring (bicyclic) bond motifs is 1. The Morgan fingerprint density at radius 1 is 1.29 bits per heavy atom. The van der Waals surface area contributed by atoms with Crippen LogP contribution in [0.25, 0.3) is 0 Å². The summed E-state index contributed by atoms with van der Waals surface area (Å²) < 4.78 is 5.34. The van der Waals surface area contributed by atoms with Gasteiger partial charge in [0.05, 0.1) is 18.1 Å². The highest BCUT2D eigenvalue weighted by Gasteiger charge is 2.28. The summed E-state index contributed by atoms with van der Waals surface area (Å²) in [6.07, 6.45) is 1.83. The summed E-state index contributed by atoms with van der Waals surface area (Å²) >= 11 is 0. The van der Waals surface area contributed by atoms with Crippen molar-refractivity contribution in [1.82, 2.24) is 0 Å². The molecule has 2 aliphatic heterocycles. The van der Waals surface area contributed by atoms with Crippen LogP contribution in [0, 0.1) is 10.1 Å². The maximum absolute atomic E-state index is 10.7. The van der Waals surface area contributed by atoms with E-state index in [-0.39, 0.29) is 35.4 Å². The van der Waals surface area contributed by atoms with Crippen molar-refractivity contribution in [1.29, 1.82) is 0 Å². The number of hydrogen-bond acceptors (Lipinski definition) is 4. The largest absolute Gasteiger partial charge is 1.00 e. The van der Waals surface area contributed by atoms with Crippen molar-refractivity contribution >= 4 is 23.4 Å². The first kappa shape index (κ1) is 17.8. The summed E-state index contributed by atoms with van der Waals surface area (Å²) in [7, 11) is 0. The average Bonchev–Trinajstić information content (AvgIpc) is 2.82. The molecule has 9 heteroatoms. The molecule has 2 heterocycles. The van der Waals surface area contributed by atoms with Gasteiger partial charge in [-0.05, 0) is 0 Å². The molecule has 3 rings (SSSR count). The lowest BCUT2D eigenvalue weighted by atomic mass is 10.2. The molecule has 1 aromatic carbocycles. The Labute approximate surface area is 134 Å². The number of aliphatic imine (C=N–C) groups is 1. The van der Waals surface area contributed by atoms with Crippen molar-refractivity contribution in [2.75, 3.05) is 33.0 Å². The average molecular weight is 335 g/mol. The molecule has 116 valence electrons. The molecule has 1 atom stereocenters. The van der Waals surface area contributed by atoms with Gasteiger partial charge in [0.25, 0.3) is 5.69 Å². The van der Waals surface area contributed by atoms with Crippen molar-refractivity contribution < 1.29 is 44.3 Å². The normalized spacial score (nSPS) is 20.3. The lowest BCUT2D eigenvalue weighted by molar-refractivity contribution is -1.03. The van der Waals surface area contributed by atoms with Crippen LogP contribution in [0.3, 0.4) is 0 Å². The molecule has 1 saturated heterocycles. The number of nitrogens with zero attached hydrogens (tertiary/aromatic N) is 2. The van der Waals surface area contributed by atoms with E-state index in [1.165, 1.54) is 11.0 Å². The summed E-state index contributed by atoms with van der Waals surface area (Å²) in [6, 6.07) is 4.88. The van der Waals surface area contributed by atoms with Crippen LogP contribution in [0.1, 0.15) is 0 Å². The van der Waals surface area contributed by atoms with Gasteiger partial charge in [-0.15, -0.1) is 0 Å². The smallest absolute Gasteiger partial charge is 0.272 e. The van der Waals surface area contributed by atoms with Crippen LogP contribution in [0.4, 0.5) is 17.1 Å². The lowest BCUT2D eigenvalue weighted by Crippen LogP contribution is -3.29. The molecule has 0 amide bonds. The Morgan fingerprint density at radius 2 is 2.00 bits per heavy atom. The second-order valence-corrected chi connectivity index (χ2v) is 4.78. The summed E-state index contributed by atoms with van der Waals surface area (Å²) in [5.41, 5.74) is 1.82. The van der Waals surface area contributed by atoms with E-state index in [9.17, 15) is 10.1 Å².